The van der Waals surface area contributed by atoms with E-state index in [0.29, 0.717) is 36.1 Å². The number of benzene rings is 1. The van der Waals surface area contributed by atoms with E-state index in [2.05, 4.69) is 18.8 Å². The molecule has 7 heteroatoms. The van der Waals surface area contributed by atoms with Gasteiger partial charge in [-0.05, 0) is 60.9 Å². The first kappa shape index (κ1) is 23.4. The third-order valence-corrected chi connectivity index (χ3v) is 7.41. The van der Waals surface area contributed by atoms with Crippen LogP contribution in [0.1, 0.15) is 50.8 Å². The van der Waals surface area contributed by atoms with Crippen molar-refractivity contribution in [2.24, 2.45) is 17.8 Å². The monoisotopic (exact) mass is 476 g/mol. The molecule has 1 aromatic heterocycles. The van der Waals surface area contributed by atoms with Gasteiger partial charge in [0.1, 0.15) is 6.10 Å². The highest BCUT2D eigenvalue weighted by Gasteiger charge is 2.54. The third kappa shape index (κ3) is 4.07. The van der Waals surface area contributed by atoms with Gasteiger partial charge in [-0.3, -0.25) is 14.6 Å². The highest BCUT2D eigenvalue weighted by Crippen LogP contribution is 2.50. The van der Waals surface area contributed by atoms with E-state index in [1.54, 1.807) is 24.4 Å². The van der Waals surface area contributed by atoms with Crippen molar-refractivity contribution in [3.05, 3.63) is 65.2 Å². The normalized spacial score (nSPS) is 27.9. The highest BCUT2D eigenvalue weighted by molar-refractivity contribution is 6.11. The van der Waals surface area contributed by atoms with Crippen LogP contribution in [0.3, 0.4) is 0 Å². The number of rotatable bonds is 6. The molecule has 5 atom stereocenters. The summed E-state index contributed by atoms with van der Waals surface area (Å²) in [5.74, 6) is 1.60. The average Bonchev–Trinajstić information content (AvgIpc) is 3.13. The number of hydrogen-bond donors (Lipinski definition) is 0. The Morgan fingerprint density at radius 3 is 2.69 bits per heavy atom. The van der Waals surface area contributed by atoms with Crippen LogP contribution in [0.5, 0.6) is 11.5 Å². The molecule has 0 spiro atoms. The van der Waals surface area contributed by atoms with E-state index in [4.69, 9.17) is 14.2 Å². The number of pyridine rings is 1. The van der Waals surface area contributed by atoms with E-state index in [9.17, 15) is 9.59 Å². The van der Waals surface area contributed by atoms with Crippen molar-refractivity contribution >= 4 is 11.7 Å². The number of ketones is 1. The number of carbonyl (C=O) groups is 2. The van der Waals surface area contributed by atoms with Crippen molar-refractivity contribution in [2.45, 2.75) is 52.3 Å². The molecule has 0 saturated heterocycles. The zero-order valence-corrected chi connectivity index (χ0v) is 20.7. The van der Waals surface area contributed by atoms with E-state index >= 15 is 0 Å². The van der Waals surface area contributed by atoms with Gasteiger partial charge in [0.15, 0.2) is 23.0 Å². The number of Topliss-reactive ketones (excluding diaryl/α,β-unsaturated/α-hetero) is 1. The summed E-state index contributed by atoms with van der Waals surface area (Å²) in [5, 5.41) is 0. The third-order valence-electron chi connectivity index (χ3n) is 7.41. The lowest BCUT2D eigenvalue weighted by atomic mass is 9.70. The SMILES string of the molecule is CCOc1ccc(C2C3=C(OC4C(C)CC(C)CC4C3=O)C(=O)N2Cc2cccnc2)cc1OC. The second-order valence-electron chi connectivity index (χ2n) is 9.89. The van der Waals surface area contributed by atoms with Crippen molar-refractivity contribution in [3.8, 4) is 11.5 Å². The van der Waals surface area contributed by atoms with Crippen LogP contribution < -0.4 is 9.47 Å². The quantitative estimate of drug-likeness (QED) is 0.612. The molecule has 184 valence electrons. The van der Waals surface area contributed by atoms with Gasteiger partial charge in [0.2, 0.25) is 0 Å². The van der Waals surface area contributed by atoms with Crippen molar-refractivity contribution in [2.75, 3.05) is 13.7 Å². The van der Waals surface area contributed by atoms with Gasteiger partial charge in [-0.1, -0.05) is 26.0 Å². The number of methoxy groups -OCH3 is 1. The topological polar surface area (TPSA) is 78.0 Å². The standard InChI is InChI=1S/C28H32N2O5/c1-5-34-21-9-8-19(13-22(21)33-4)24-23-25(31)20-12-16(2)11-17(3)26(20)35-27(23)28(32)30(24)15-18-7-6-10-29-14-18/h6-10,13-14,16-17,20,24,26H,5,11-12,15H2,1-4H3. The van der Waals surface area contributed by atoms with E-state index in [0.717, 1.165) is 24.0 Å². The van der Waals surface area contributed by atoms with Gasteiger partial charge in [0, 0.05) is 18.9 Å². The number of fused-ring (bicyclic) bond motifs is 1. The molecule has 0 radical (unpaired) electrons. The summed E-state index contributed by atoms with van der Waals surface area (Å²) in [7, 11) is 1.59. The molecule has 5 rings (SSSR count). The Morgan fingerprint density at radius 1 is 1.14 bits per heavy atom. The van der Waals surface area contributed by atoms with Gasteiger partial charge >= 0.3 is 0 Å². The van der Waals surface area contributed by atoms with Crippen molar-refractivity contribution in [3.63, 3.8) is 0 Å². The molecule has 1 aromatic carbocycles. The zero-order chi connectivity index (χ0) is 24.7. The summed E-state index contributed by atoms with van der Waals surface area (Å²) in [6.07, 6.45) is 4.96. The highest BCUT2D eigenvalue weighted by atomic mass is 16.5. The molecule has 1 fully saturated rings. The average molecular weight is 477 g/mol. The summed E-state index contributed by atoms with van der Waals surface area (Å²) in [5.41, 5.74) is 2.14. The first-order valence-corrected chi connectivity index (χ1v) is 12.4. The molecule has 0 N–H and O–H groups in total. The van der Waals surface area contributed by atoms with E-state index in [1.807, 2.05) is 37.3 Å². The number of aromatic nitrogens is 1. The number of ether oxygens (including phenoxy) is 3. The number of carbonyl (C=O) groups excluding carboxylic acids is 2. The molecule has 1 amide bonds. The Hall–Kier alpha value is -3.35. The number of hydrogen-bond acceptors (Lipinski definition) is 6. The Bertz CT molecular complexity index is 1160. The molecule has 5 unspecified atom stereocenters. The molecule has 3 heterocycles. The number of amides is 1. The Balaban J connectivity index is 1.60. The van der Waals surface area contributed by atoms with Gasteiger partial charge in [-0.15, -0.1) is 0 Å². The van der Waals surface area contributed by atoms with Crippen LogP contribution >= 0.6 is 0 Å². The Labute approximate surface area is 206 Å². The van der Waals surface area contributed by atoms with E-state index < -0.39 is 6.04 Å². The summed E-state index contributed by atoms with van der Waals surface area (Å²) >= 11 is 0. The molecule has 35 heavy (non-hydrogen) atoms. The summed E-state index contributed by atoms with van der Waals surface area (Å²) in [6, 6.07) is 8.81. The maximum Gasteiger partial charge on any atom is 0.290 e. The zero-order valence-electron chi connectivity index (χ0n) is 20.7. The predicted molar refractivity (Wildman–Crippen MR) is 130 cm³/mol. The smallest absolute Gasteiger partial charge is 0.290 e. The fraction of sp³-hybridized carbons (Fsp3) is 0.464. The van der Waals surface area contributed by atoms with Crippen LogP contribution in [-0.2, 0) is 20.9 Å². The first-order chi connectivity index (χ1) is 16.9. The molecular formula is C28H32N2O5. The largest absolute Gasteiger partial charge is 0.493 e. The molecule has 1 saturated carbocycles. The maximum atomic E-state index is 14.0. The van der Waals surface area contributed by atoms with Gasteiger partial charge in [-0.25, -0.2) is 0 Å². The Kier molecular flexibility index (Phi) is 6.26. The van der Waals surface area contributed by atoms with E-state index in [-0.39, 0.29) is 35.4 Å². The second-order valence-corrected chi connectivity index (χ2v) is 9.89. The van der Waals surface area contributed by atoms with Gasteiger partial charge in [-0.2, -0.15) is 0 Å². The van der Waals surface area contributed by atoms with E-state index in [1.165, 1.54) is 0 Å². The number of nitrogens with zero attached hydrogens (tertiary/aromatic N) is 2. The van der Waals surface area contributed by atoms with Gasteiger partial charge < -0.3 is 19.1 Å². The summed E-state index contributed by atoms with van der Waals surface area (Å²) in [4.78, 5) is 33.7. The van der Waals surface area contributed by atoms with Gasteiger partial charge in [0.05, 0.1) is 31.2 Å². The molecular weight excluding hydrogens is 444 g/mol. The van der Waals surface area contributed by atoms with Crippen molar-refractivity contribution < 1.29 is 23.8 Å². The van der Waals surface area contributed by atoms with Crippen LogP contribution in [0.15, 0.2) is 54.1 Å². The second kappa shape index (κ2) is 9.36. The minimum Gasteiger partial charge on any atom is -0.493 e. The fourth-order valence-corrected chi connectivity index (χ4v) is 5.95. The van der Waals surface area contributed by atoms with Gasteiger partial charge in [0.25, 0.3) is 5.91 Å². The molecule has 2 aromatic rings. The fourth-order valence-electron chi connectivity index (χ4n) is 5.95. The maximum absolute atomic E-state index is 14.0. The van der Waals surface area contributed by atoms with Crippen molar-refractivity contribution in [1.29, 1.82) is 0 Å². The van der Waals surface area contributed by atoms with Crippen LogP contribution in [0.2, 0.25) is 0 Å². The summed E-state index contributed by atoms with van der Waals surface area (Å²) < 4.78 is 17.7. The predicted octanol–water partition coefficient (Wildman–Crippen LogP) is 4.48. The molecule has 0 bridgehead atoms. The molecule has 3 aliphatic rings. The lowest BCUT2D eigenvalue weighted by Gasteiger charge is -2.41. The first-order valence-electron chi connectivity index (χ1n) is 12.4. The minimum atomic E-state index is -0.566. The van der Waals surface area contributed by atoms with Crippen LogP contribution in [0, 0.1) is 17.8 Å². The molecule has 1 aliphatic carbocycles. The lowest BCUT2D eigenvalue weighted by Crippen LogP contribution is -2.45. The lowest BCUT2D eigenvalue weighted by molar-refractivity contribution is -0.139. The summed E-state index contributed by atoms with van der Waals surface area (Å²) in [6.45, 7) is 7.04. The molecule has 7 nitrogen and oxygen atoms in total. The minimum absolute atomic E-state index is 0.0366. The van der Waals surface area contributed by atoms with Crippen LogP contribution in [0.25, 0.3) is 0 Å². The van der Waals surface area contributed by atoms with Crippen molar-refractivity contribution in [1.82, 2.24) is 9.88 Å². The van der Waals surface area contributed by atoms with Crippen LogP contribution in [0.4, 0.5) is 0 Å². The Morgan fingerprint density at radius 2 is 1.97 bits per heavy atom. The van der Waals surface area contributed by atoms with Crippen LogP contribution in [-0.4, -0.2) is 41.4 Å². The molecule has 2 aliphatic heterocycles.